The quantitative estimate of drug-likeness (QED) is 0.944. The van der Waals surface area contributed by atoms with Gasteiger partial charge in [0.2, 0.25) is 0 Å². The number of thiophene rings is 1. The second-order valence-corrected chi connectivity index (χ2v) is 6.66. The van der Waals surface area contributed by atoms with Crippen LogP contribution >= 0.6 is 22.9 Å². The molecule has 1 aliphatic carbocycles. The molecule has 1 fully saturated rings. The highest BCUT2D eigenvalue weighted by Crippen LogP contribution is 2.35. The molecule has 1 saturated carbocycles. The molecule has 5 nitrogen and oxygen atoms in total. The number of amides is 1. The van der Waals surface area contributed by atoms with E-state index in [0.717, 1.165) is 11.6 Å². The van der Waals surface area contributed by atoms with Crippen molar-refractivity contribution in [1.82, 2.24) is 20.1 Å². The van der Waals surface area contributed by atoms with Crippen molar-refractivity contribution in [2.75, 3.05) is 0 Å². The van der Waals surface area contributed by atoms with Crippen molar-refractivity contribution >= 4 is 28.8 Å². The van der Waals surface area contributed by atoms with E-state index in [1.54, 1.807) is 12.1 Å². The first kappa shape index (κ1) is 13.6. The first-order valence-corrected chi connectivity index (χ1v) is 7.76. The standard InChI is InChI=1S/C13H15ClN4OS/c1-18-11(16-17-12(18)8-3-2-4-8)7-15-13(19)9-5-6-10(14)20-9/h5-6,8H,2-4,7H2,1H3,(H,15,19). The molecule has 2 aromatic rings. The van der Waals surface area contributed by atoms with Crippen molar-refractivity contribution < 1.29 is 4.79 Å². The third-order valence-corrected chi connectivity index (χ3v) is 4.90. The number of hydrogen-bond donors (Lipinski definition) is 1. The minimum Gasteiger partial charge on any atom is -0.344 e. The number of halogens is 1. The first-order valence-electron chi connectivity index (χ1n) is 6.57. The van der Waals surface area contributed by atoms with E-state index in [-0.39, 0.29) is 5.91 Å². The summed E-state index contributed by atoms with van der Waals surface area (Å²) in [7, 11) is 1.96. The van der Waals surface area contributed by atoms with Crippen molar-refractivity contribution in [3.8, 4) is 0 Å². The van der Waals surface area contributed by atoms with E-state index in [4.69, 9.17) is 11.6 Å². The molecule has 1 N–H and O–H groups in total. The predicted octanol–water partition coefficient (Wildman–Crippen LogP) is 2.73. The summed E-state index contributed by atoms with van der Waals surface area (Å²) in [4.78, 5) is 12.5. The molecular weight excluding hydrogens is 296 g/mol. The molecule has 0 aliphatic heterocycles. The Morgan fingerprint density at radius 3 is 2.90 bits per heavy atom. The number of nitrogens with zero attached hydrogens (tertiary/aromatic N) is 3. The van der Waals surface area contributed by atoms with Crippen LogP contribution in [0.1, 0.15) is 46.5 Å². The van der Waals surface area contributed by atoms with E-state index in [0.29, 0.717) is 21.7 Å². The van der Waals surface area contributed by atoms with Crippen LogP contribution < -0.4 is 5.32 Å². The SMILES string of the molecule is Cn1c(CNC(=O)c2ccc(Cl)s2)nnc1C1CCC1. The van der Waals surface area contributed by atoms with E-state index < -0.39 is 0 Å². The van der Waals surface area contributed by atoms with Crippen LogP contribution in [-0.2, 0) is 13.6 Å². The lowest BCUT2D eigenvalue weighted by Gasteiger charge is -2.24. The van der Waals surface area contributed by atoms with Gasteiger partial charge in [-0.15, -0.1) is 21.5 Å². The number of carbonyl (C=O) groups excluding carboxylic acids is 1. The Morgan fingerprint density at radius 1 is 1.50 bits per heavy atom. The zero-order valence-corrected chi connectivity index (χ0v) is 12.7. The minimum atomic E-state index is -0.130. The summed E-state index contributed by atoms with van der Waals surface area (Å²) in [5.41, 5.74) is 0. The summed E-state index contributed by atoms with van der Waals surface area (Å²) in [6.07, 6.45) is 3.64. The van der Waals surface area contributed by atoms with Crippen molar-refractivity contribution in [3.05, 3.63) is 33.0 Å². The highest BCUT2D eigenvalue weighted by atomic mass is 35.5. The Kier molecular flexibility index (Phi) is 3.76. The lowest BCUT2D eigenvalue weighted by Crippen LogP contribution is -2.24. The summed E-state index contributed by atoms with van der Waals surface area (Å²) < 4.78 is 2.60. The summed E-state index contributed by atoms with van der Waals surface area (Å²) >= 11 is 7.09. The Hall–Kier alpha value is -1.40. The molecule has 20 heavy (non-hydrogen) atoms. The van der Waals surface area contributed by atoms with Gasteiger partial charge in [0.25, 0.3) is 5.91 Å². The van der Waals surface area contributed by atoms with Crippen LogP contribution in [0.25, 0.3) is 0 Å². The van der Waals surface area contributed by atoms with Crippen LogP contribution in [-0.4, -0.2) is 20.7 Å². The molecule has 0 unspecified atom stereocenters. The maximum absolute atomic E-state index is 11.9. The molecule has 0 radical (unpaired) electrons. The van der Waals surface area contributed by atoms with Gasteiger partial charge in [-0.05, 0) is 25.0 Å². The maximum Gasteiger partial charge on any atom is 0.261 e. The zero-order valence-electron chi connectivity index (χ0n) is 11.1. The highest BCUT2D eigenvalue weighted by Gasteiger charge is 2.25. The molecule has 2 aromatic heterocycles. The fourth-order valence-electron chi connectivity index (χ4n) is 2.23. The fourth-order valence-corrected chi connectivity index (χ4v) is 3.19. The second kappa shape index (κ2) is 5.54. The molecule has 0 saturated heterocycles. The number of aromatic nitrogens is 3. The third kappa shape index (κ3) is 2.58. The molecule has 7 heteroatoms. The summed E-state index contributed by atoms with van der Waals surface area (Å²) in [5.74, 6) is 2.21. The Labute approximate surface area is 126 Å². The topological polar surface area (TPSA) is 59.8 Å². The zero-order chi connectivity index (χ0) is 14.1. The van der Waals surface area contributed by atoms with E-state index in [1.807, 2.05) is 11.6 Å². The van der Waals surface area contributed by atoms with Gasteiger partial charge in [0.1, 0.15) is 5.82 Å². The van der Waals surface area contributed by atoms with Gasteiger partial charge in [0, 0.05) is 13.0 Å². The van der Waals surface area contributed by atoms with Gasteiger partial charge < -0.3 is 9.88 Å². The van der Waals surface area contributed by atoms with Gasteiger partial charge in [0.15, 0.2) is 5.82 Å². The van der Waals surface area contributed by atoms with Gasteiger partial charge in [-0.25, -0.2) is 0 Å². The average molecular weight is 311 g/mol. The molecular formula is C13H15ClN4OS. The molecule has 3 rings (SSSR count). The van der Waals surface area contributed by atoms with Crippen LogP contribution in [0.2, 0.25) is 4.34 Å². The highest BCUT2D eigenvalue weighted by molar-refractivity contribution is 7.17. The largest absolute Gasteiger partial charge is 0.344 e. The summed E-state index contributed by atoms with van der Waals surface area (Å²) in [6, 6.07) is 3.44. The molecule has 1 amide bonds. The van der Waals surface area contributed by atoms with E-state index in [1.165, 1.54) is 30.6 Å². The third-order valence-electron chi connectivity index (χ3n) is 3.67. The predicted molar refractivity (Wildman–Crippen MR) is 78.1 cm³/mol. The number of hydrogen-bond acceptors (Lipinski definition) is 4. The smallest absolute Gasteiger partial charge is 0.261 e. The van der Waals surface area contributed by atoms with Gasteiger partial charge in [-0.1, -0.05) is 18.0 Å². The van der Waals surface area contributed by atoms with Crippen molar-refractivity contribution in [2.24, 2.45) is 7.05 Å². The number of carbonyl (C=O) groups is 1. The Bertz CT molecular complexity index is 632. The average Bonchev–Trinajstić information content (AvgIpc) is 2.93. The summed E-state index contributed by atoms with van der Waals surface area (Å²) in [5, 5.41) is 11.2. The molecule has 2 heterocycles. The molecule has 106 valence electrons. The van der Waals surface area contributed by atoms with Crippen LogP contribution in [0.4, 0.5) is 0 Å². The van der Waals surface area contributed by atoms with E-state index in [9.17, 15) is 4.79 Å². The van der Waals surface area contributed by atoms with E-state index >= 15 is 0 Å². The van der Waals surface area contributed by atoms with Gasteiger partial charge in [-0.3, -0.25) is 4.79 Å². The van der Waals surface area contributed by atoms with Crippen LogP contribution in [0, 0.1) is 0 Å². The van der Waals surface area contributed by atoms with Crippen LogP contribution in [0.3, 0.4) is 0 Å². The van der Waals surface area contributed by atoms with Gasteiger partial charge in [-0.2, -0.15) is 0 Å². The molecule has 0 aromatic carbocycles. The van der Waals surface area contributed by atoms with Crippen molar-refractivity contribution in [2.45, 2.75) is 31.7 Å². The maximum atomic E-state index is 11.9. The summed E-state index contributed by atoms with van der Waals surface area (Å²) in [6.45, 7) is 0.380. The second-order valence-electron chi connectivity index (χ2n) is 4.95. The van der Waals surface area contributed by atoms with Crippen molar-refractivity contribution in [3.63, 3.8) is 0 Å². The molecule has 0 atom stereocenters. The van der Waals surface area contributed by atoms with E-state index in [2.05, 4.69) is 15.5 Å². The Morgan fingerprint density at radius 2 is 2.30 bits per heavy atom. The lowest BCUT2D eigenvalue weighted by atomic mass is 9.85. The normalized spacial score (nSPS) is 15.1. The molecule has 0 spiro atoms. The van der Waals surface area contributed by atoms with Gasteiger partial charge >= 0.3 is 0 Å². The fraction of sp³-hybridized carbons (Fsp3) is 0.462. The van der Waals surface area contributed by atoms with Crippen LogP contribution in [0.5, 0.6) is 0 Å². The molecule has 0 bridgehead atoms. The monoisotopic (exact) mass is 310 g/mol. The van der Waals surface area contributed by atoms with Crippen LogP contribution in [0.15, 0.2) is 12.1 Å². The van der Waals surface area contributed by atoms with Gasteiger partial charge in [0.05, 0.1) is 15.8 Å². The minimum absolute atomic E-state index is 0.130. The number of nitrogens with one attached hydrogen (secondary N) is 1. The molecule has 1 aliphatic rings. The Balaban J connectivity index is 1.63. The van der Waals surface area contributed by atoms with Crippen molar-refractivity contribution in [1.29, 1.82) is 0 Å². The lowest BCUT2D eigenvalue weighted by molar-refractivity contribution is 0.0953. The number of rotatable bonds is 4. The first-order chi connectivity index (χ1) is 9.65.